The van der Waals surface area contributed by atoms with E-state index in [1.807, 2.05) is 0 Å². The third-order valence-corrected chi connectivity index (χ3v) is 3.85. The Bertz CT molecular complexity index is 703. The monoisotopic (exact) mass is 345 g/mol. The van der Waals surface area contributed by atoms with Crippen molar-refractivity contribution in [2.75, 3.05) is 13.2 Å². The summed E-state index contributed by atoms with van der Waals surface area (Å²) in [6.07, 6.45) is 6.49. The van der Waals surface area contributed by atoms with Gasteiger partial charge in [0.1, 0.15) is 17.7 Å². The van der Waals surface area contributed by atoms with Crippen LogP contribution in [-0.4, -0.2) is 29.1 Å². The summed E-state index contributed by atoms with van der Waals surface area (Å²) in [4.78, 5) is 20.4. The quantitative estimate of drug-likeness (QED) is 0.871. The van der Waals surface area contributed by atoms with Crippen LogP contribution < -0.4 is 10.1 Å². The largest absolute Gasteiger partial charge is 0.484 e. The SMILES string of the molecule is O=C(COc1cccc(F)c1)NCc1cnc([C@H]2CCCCO2)nc1. The van der Waals surface area contributed by atoms with Gasteiger partial charge in [-0.2, -0.15) is 0 Å². The predicted octanol–water partition coefficient (Wildman–Crippen LogP) is 2.55. The van der Waals surface area contributed by atoms with Crippen molar-refractivity contribution in [2.24, 2.45) is 0 Å². The fourth-order valence-corrected chi connectivity index (χ4v) is 2.52. The Morgan fingerprint density at radius 2 is 2.16 bits per heavy atom. The number of ether oxygens (including phenoxy) is 2. The molecular formula is C18H20FN3O3. The van der Waals surface area contributed by atoms with Gasteiger partial charge in [-0.25, -0.2) is 14.4 Å². The van der Waals surface area contributed by atoms with Crippen LogP contribution in [0.5, 0.6) is 5.75 Å². The lowest BCUT2D eigenvalue weighted by atomic mass is 10.1. The molecule has 1 N–H and O–H groups in total. The van der Waals surface area contributed by atoms with E-state index in [1.165, 1.54) is 18.2 Å². The maximum Gasteiger partial charge on any atom is 0.258 e. The van der Waals surface area contributed by atoms with Gasteiger partial charge in [-0.3, -0.25) is 4.79 Å². The molecule has 1 aromatic carbocycles. The van der Waals surface area contributed by atoms with Crippen LogP contribution in [0.1, 0.15) is 36.8 Å². The van der Waals surface area contributed by atoms with Gasteiger partial charge in [-0.1, -0.05) is 6.07 Å². The number of halogens is 1. The summed E-state index contributed by atoms with van der Waals surface area (Å²) in [5.41, 5.74) is 0.790. The molecule has 0 saturated carbocycles. The van der Waals surface area contributed by atoms with Gasteiger partial charge < -0.3 is 14.8 Å². The van der Waals surface area contributed by atoms with Crippen molar-refractivity contribution < 1.29 is 18.7 Å². The lowest BCUT2D eigenvalue weighted by Gasteiger charge is -2.21. The highest BCUT2D eigenvalue weighted by molar-refractivity contribution is 5.77. The van der Waals surface area contributed by atoms with Gasteiger partial charge >= 0.3 is 0 Å². The normalized spacial score (nSPS) is 17.1. The Balaban J connectivity index is 1.43. The number of carbonyl (C=O) groups is 1. The topological polar surface area (TPSA) is 73.3 Å². The highest BCUT2D eigenvalue weighted by atomic mass is 19.1. The summed E-state index contributed by atoms with van der Waals surface area (Å²) < 4.78 is 23.9. The molecule has 1 amide bonds. The molecule has 1 aromatic heterocycles. The van der Waals surface area contributed by atoms with E-state index in [-0.39, 0.29) is 18.6 Å². The van der Waals surface area contributed by atoms with Gasteiger partial charge in [-0.15, -0.1) is 0 Å². The van der Waals surface area contributed by atoms with E-state index in [0.717, 1.165) is 31.4 Å². The molecule has 2 heterocycles. The molecule has 0 aliphatic carbocycles. The Kier molecular flexibility index (Phi) is 5.90. The zero-order valence-corrected chi connectivity index (χ0v) is 13.8. The summed E-state index contributed by atoms with van der Waals surface area (Å²) >= 11 is 0. The Morgan fingerprint density at radius 3 is 2.88 bits per heavy atom. The molecule has 1 aliphatic heterocycles. The number of amides is 1. The number of hydrogen-bond acceptors (Lipinski definition) is 5. The van der Waals surface area contributed by atoms with Crippen LogP contribution in [0.25, 0.3) is 0 Å². The molecule has 0 spiro atoms. The second-order valence-corrected chi connectivity index (χ2v) is 5.83. The molecule has 1 saturated heterocycles. The second-order valence-electron chi connectivity index (χ2n) is 5.83. The molecule has 132 valence electrons. The molecule has 3 rings (SSSR count). The fourth-order valence-electron chi connectivity index (χ4n) is 2.52. The lowest BCUT2D eigenvalue weighted by Crippen LogP contribution is -2.28. The number of rotatable bonds is 6. The van der Waals surface area contributed by atoms with E-state index >= 15 is 0 Å². The van der Waals surface area contributed by atoms with Crippen LogP contribution in [0.2, 0.25) is 0 Å². The highest BCUT2D eigenvalue weighted by Crippen LogP contribution is 2.24. The minimum absolute atomic E-state index is 0.0305. The van der Waals surface area contributed by atoms with Crippen molar-refractivity contribution in [3.05, 3.63) is 53.9 Å². The van der Waals surface area contributed by atoms with E-state index in [1.54, 1.807) is 18.5 Å². The molecule has 25 heavy (non-hydrogen) atoms. The minimum Gasteiger partial charge on any atom is -0.484 e. The van der Waals surface area contributed by atoms with E-state index in [4.69, 9.17) is 9.47 Å². The van der Waals surface area contributed by atoms with Crippen molar-refractivity contribution in [3.63, 3.8) is 0 Å². The van der Waals surface area contributed by atoms with Crippen LogP contribution >= 0.6 is 0 Å². The van der Waals surface area contributed by atoms with E-state index in [9.17, 15) is 9.18 Å². The van der Waals surface area contributed by atoms with Crippen LogP contribution in [0.15, 0.2) is 36.7 Å². The van der Waals surface area contributed by atoms with E-state index in [2.05, 4.69) is 15.3 Å². The summed E-state index contributed by atoms with van der Waals surface area (Å²) in [5, 5.41) is 2.71. The Labute approximate surface area is 145 Å². The van der Waals surface area contributed by atoms with Crippen molar-refractivity contribution in [1.29, 1.82) is 0 Å². The number of carbonyl (C=O) groups excluding carboxylic acids is 1. The molecule has 7 heteroatoms. The Morgan fingerprint density at radius 1 is 1.32 bits per heavy atom. The number of nitrogens with one attached hydrogen (secondary N) is 1. The van der Waals surface area contributed by atoms with Gasteiger partial charge in [0.05, 0.1) is 0 Å². The molecule has 0 unspecified atom stereocenters. The zero-order valence-electron chi connectivity index (χ0n) is 13.8. The maximum absolute atomic E-state index is 13.0. The smallest absolute Gasteiger partial charge is 0.258 e. The van der Waals surface area contributed by atoms with Gasteiger partial charge in [-0.05, 0) is 31.4 Å². The first-order chi connectivity index (χ1) is 12.2. The summed E-state index contributed by atoms with van der Waals surface area (Å²) in [7, 11) is 0. The van der Waals surface area contributed by atoms with Crippen LogP contribution in [0.4, 0.5) is 4.39 Å². The number of aromatic nitrogens is 2. The number of hydrogen-bond donors (Lipinski definition) is 1. The van der Waals surface area contributed by atoms with Gasteiger partial charge in [0.25, 0.3) is 5.91 Å². The predicted molar refractivity (Wildman–Crippen MR) is 88.3 cm³/mol. The van der Waals surface area contributed by atoms with Crippen LogP contribution in [0.3, 0.4) is 0 Å². The average Bonchev–Trinajstić information content (AvgIpc) is 2.66. The first-order valence-electron chi connectivity index (χ1n) is 8.28. The zero-order chi connectivity index (χ0) is 17.5. The number of benzene rings is 1. The Hall–Kier alpha value is -2.54. The molecule has 1 aliphatic rings. The molecule has 6 nitrogen and oxygen atoms in total. The van der Waals surface area contributed by atoms with Crippen molar-refractivity contribution in [3.8, 4) is 5.75 Å². The standard InChI is InChI=1S/C18H20FN3O3/c19-14-4-3-5-15(8-14)25-12-17(23)20-9-13-10-21-18(22-11-13)16-6-1-2-7-24-16/h3-5,8,10-11,16H,1-2,6-7,9,12H2,(H,20,23)/t16-/m1/s1. The minimum atomic E-state index is -0.405. The van der Waals surface area contributed by atoms with Crippen molar-refractivity contribution in [2.45, 2.75) is 31.9 Å². The molecule has 2 aromatic rings. The van der Waals surface area contributed by atoms with Crippen LogP contribution in [-0.2, 0) is 16.1 Å². The molecule has 0 radical (unpaired) electrons. The molecule has 1 fully saturated rings. The average molecular weight is 345 g/mol. The third-order valence-electron chi connectivity index (χ3n) is 3.85. The van der Waals surface area contributed by atoms with Gasteiger partial charge in [0.15, 0.2) is 12.4 Å². The lowest BCUT2D eigenvalue weighted by molar-refractivity contribution is -0.123. The van der Waals surface area contributed by atoms with Crippen LogP contribution in [0, 0.1) is 5.82 Å². The highest BCUT2D eigenvalue weighted by Gasteiger charge is 2.18. The summed E-state index contributed by atoms with van der Waals surface area (Å²) in [5.74, 6) is 0.292. The third kappa shape index (κ3) is 5.22. The number of nitrogens with zero attached hydrogens (tertiary/aromatic N) is 2. The summed E-state index contributed by atoms with van der Waals surface area (Å²) in [6, 6.07) is 5.66. The molecular weight excluding hydrogens is 325 g/mol. The maximum atomic E-state index is 13.0. The molecule has 1 atom stereocenters. The van der Waals surface area contributed by atoms with Gasteiger partial charge in [0, 0.05) is 37.2 Å². The first kappa shape index (κ1) is 17.3. The van der Waals surface area contributed by atoms with Crippen molar-refractivity contribution in [1.82, 2.24) is 15.3 Å². The summed E-state index contributed by atoms with van der Waals surface area (Å²) in [6.45, 7) is 0.868. The fraction of sp³-hybridized carbons (Fsp3) is 0.389. The van der Waals surface area contributed by atoms with Gasteiger partial charge in [0.2, 0.25) is 0 Å². The van der Waals surface area contributed by atoms with E-state index < -0.39 is 5.82 Å². The molecule has 0 bridgehead atoms. The van der Waals surface area contributed by atoms with E-state index in [0.29, 0.717) is 18.1 Å². The second kappa shape index (κ2) is 8.53. The first-order valence-corrected chi connectivity index (χ1v) is 8.28. The van der Waals surface area contributed by atoms with Crippen molar-refractivity contribution >= 4 is 5.91 Å².